The van der Waals surface area contributed by atoms with Crippen LogP contribution in [0.2, 0.25) is 0 Å². The molecule has 4 aromatic rings. The molecule has 26 heavy (non-hydrogen) atoms. The minimum absolute atomic E-state index is 0.595. The molecule has 6 heteroatoms. The molecule has 4 rings (SSSR count). The number of aryl methyl sites for hydroxylation is 1. The highest BCUT2D eigenvalue weighted by molar-refractivity contribution is 5.83. The maximum Gasteiger partial charge on any atom is 0.132 e. The molecular weight excluding hydrogens is 326 g/mol. The Bertz CT molecular complexity index is 991. The monoisotopic (exact) mass is 347 g/mol. The fraction of sp³-hybridized carbons (Fsp3) is 0.200. The van der Waals surface area contributed by atoms with Gasteiger partial charge in [-0.3, -0.25) is 0 Å². The van der Waals surface area contributed by atoms with Crippen LogP contribution in [0.25, 0.3) is 10.9 Å². The molecule has 0 aliphatic rings. The van der Waals surface area contributed by atoms with Gasteiger partial charge in [0.2, 0.25) is 0 Å². The maximum atomic E-state index is 5.33. The van der Waals surface area contributed by atoms with E-state index in [9.17, 15) is 0 Å². The van der Waals surface area contributed by atoms with Gasteiger partial charge in [0.05, 0.1) is 12.8 Å². The van der Waals surface area contributed by atoms with Crippen LogP contribution >= 0.6 is 0 Å². The fourth-order valence-corrected chi connectivity index (χ4v) is 3.00. The molecule has 0 atom stereocenters. The summed E-state index contributed by atoms with van der Waals surface area (Å²) in [7, 11) is 0. The second kappa shape index (κ2) is 7.31. The highest BCUT2D eigenvalue weighted by Gasteiger charge is 2.05. The van der Waals surface area contributed by atoms with Crippen LogP contribution in [0.4, 0.5) is 11.6 Å². The van der Waals surface area contributed by atoms with Gasteiger partial charge in [0.25, 0.3) is 0 Å². The molecule has 3 heterocycles. The molecule has 0 saturated heterocycles. The molecule has 132 valence electrons. The second-order valence-electron chi connectivity index (χ2n) is 6.15. The summed E-state index contributed by atoms with van der Waals surface area (Å²) in [5.74, 6) is 3.20. The number of hydrogen-bond donors (Lipinski definition) is 3. The number of para-hydroxylation sites is 1. The minimum Gasteiger partial charge on any atom is -0.467 e. The average molecular weight is 347 g/mol. The van der Waals surface area contributed by atoms with Crippen LogP contribution in [-0.2, 0) is 13.0 Å². The zero-order valence-electron chi connectivity index (χ0n) is 14.6. The van der Waals surface area contributed by atoms with Crippen LogP contribution in [0.5, 0.6) is 0 Å². The molecule has 1 aromatic carbocycles. The summed E-state index contributed by atoms with van der Waals surface area (Å²) in [5.41, 5.74) is 2.47. The van der Waals surface area contributed by atoms with E-state index in [2.05, 4.69) is 50.0 Å². The van der Waals surface area contributed by atoms with Crippen molar-refractivity contribution < 1.29 is 4.42 Å². The molecule has 0 saturated carbocycles. The van der Waals surface area contributed by atoms with Crippen molar-refractivity contribution >= 4 is 22.5 Å². The van der Waals surface area contributed by atoms with Crippen LogP contribution in [0.15, 0.2) is 59.3 Å². The number of nitrogens with one attached hydrogen (secondary N) is 3. The first-order valence-electron chi connectivity index (χ1n) is 8.69. The van der Waals surface area contributed by atoms with Gasteiger partial charge in [0.1, 0.15) is 23.2 Å². The number of anilines is 2. The number of furan rings is 1. The van der Waals surface area contributed by atoms with E-state index in [1.165, 1.54) is 16.5 Å². The van der Waals surface area contributed by atoms with Crippen molar-refractivity contribution in [3.8, 4) is 0 Å². The number of nitrogens with zero attached hydrogens (tertiary/aromatic N) is 2. The van der Waals surface area contributed by atoms with Crippen molar-refractivity contribution in [2.75, 3.05) is 17.2 Å². The quantitative estimate of drug-likeness (QED) is 0.468. The zero-order valence-corrected chi connectivity index (χ0v) is 14.6. The lowest BCUT2D eigenvalue weighted by atomic mass is 10.1. The summed E-state index contributed by atoms with van der Waals surface area (Å²) < 4.78 is 5.33. The number of hydrogen-bond acceptors (Lipinski definition) is 5. The second-order valence-corrected chi connectivity index (χ2v) is 6.15. The third kappa shape index (κ3) is 3.69. The van der Waals surface area contributed by atoms with Crippen molar-refractivity contribution in [3.05, 3.63) is 72.1 Å². The van der Waals surface area contributed by atoms with Gasteiger partial charge in [-0.05, 0) is 37.1 Å². The number of fused-ring (bicyclic) bond motifs is 1. The first-order valence-corrected chi connectivity index (χ1v) is 8.69. The van der Waals surface area contributed by atoms with E-state index in [4.69, 9.17) is 4.42 Å². The van der Waals surface area contributed by atoms with Gasteiger partial charge in [0, 0.05) is 29.7 Å². The average Bonchev–Trinajstić information content (AvgIpc) is 3.30. The molecule has 0 aliphatic heterocycles. The third-order valence-electron chi connectivity index (χ3n) is 4.24. The number of aromatic nitrogens is 3. The van der Waals surface area contributed by atoms with Gasteiger partial charge in [-0.15, -0.1) is 0 Å². The molecular formula is C20H21N5O. The van der Waals surface area contributed by atoms with Crippen LogP contribution in [0.3, 0.4) is 0 Å². The molecule has 0 aliphatic carbocycles. The number of benzene rings is 1. The van der Waals surface area contributed by atoms with Crippen molar-refractivity contribution in [2.24, 2.45) is 0 Å². The highest BCUT2D eigenvalue weighted by Crippen LogP contribution is 2.18. The lowest BCUT2D eigenvalue weighted by Crippen LogP contribution is -2.09. The molecule has 0 fully saturated rings. The lowest BCUT2D eigenvalue weighted by Gasteiger charge is -2.09. The van der Waals surface area contributed by atoms with E-state index in [0.29, 0.717) is 6.54 Å². The molecule has 0 spiro atoms. The first kappa shape index (κ1) is 16.2. The van der Waals surface area contributed by atoms with Gasteiger partial charge in [0.15, 0.2) is 0 Å². The molecule has 3 N–H and O–H groups in total. The molecule has 0 amide bonds. The summed E-state index contributed by atoms with van der Waals surface area (Å²) in [4.78, 5) is 12.2. The summed E-state index contributed by atoms with van der Waals surface area (Å²) in [6.45, 7) is 3.29. The Morgan fingerprint density at radius 1 is 1.04 bits per heavy atom. The zero-order chi connectivity index (χ0) is 17.8. The molecule has 0 bridgehead atoms. The highest BCUT2D eigenvalue weighted by atomic mass is 16.3. The molecule has 3 aromatic heterocycles. The normalized spacial score (nSPS) is 11.0. The summed E-state index contributed by atoms with van der Waals surface area (Å²) in [5, 5.41) is 7.93. The Balaban J connectivity index is 1.38. The predicted octanol–water partition coefficient (Wildman–Crippen LogP) is 4.13. The smallest absolute Gasteiger partial charge is 0.132 e. The fourth-order valence-electron chi connectivity index (χ4n) is 3.00. The van der Waals surface area contributed by atoms with E-state index in [-0.39, 0.29) is 0 Å². The Morgan fingerprint density at radius 2 is 1.88 bits per heavy atom. The summed E-state index contributed by atoms with van der Waals surface area (Å²) >= 11 is 0. The van der Waals surface area contributed by atoms with Gasteiger partial charge in [-0.2, -0.15) is 0 Å². The Kier molecular flexibility index (Phi) is 4.55. The van der Waals surface area contributed by atoms with Crippen molar-refractivity contribution in [3.63, 3.8) is 0 Å². The standard InChI is InChI=1S/C20H21N5O/c1-14-24-19(11-20(25-14)23-13-16-5-4-10-26-16)21-9-8-15-12-22-18-7-3-2-6-17(15)18/h2-7,10-12,22H,8-9,13H2,1H3,(H2,21,23,24,25). The topological polar surface area (TPSA) is 78.8 Å². The Labute approximate surface area is 151 Å². The summed E-state index contributed by atoms with van der Waals surface area (Å²) in [6, 6.07) is 14.1. The largest absolute Gasteiger partial charge is 0.467 e. The maximum absolute atomic E-state index is 5.33. The lowest BCUT2D eigenvalue weighted by molar-refractivity contribution is 0.518. The van der Waals surface area contributed by atoms with Gasteiger partial charge < -0.3 is 20.0 Å². The number of aromatic amines is 1. The summed E-state index contributed by atoms with van der Waals surface area (Å²) in [6.07, 6.45) is 4.66. The number of rotatable bonds is 7. The van der Waals surface area contributed by atoms with Gasteiger partial charge in [-0.1, -0.05) is 18.2 Å². The van der Waals surface area contributed by atoms with Gasteiger partial charge >= 0.3 is 0 Å². The number of H-pyrrole nitrogens is 1. The van der Waals surface area contributed by atoms with Crippen molar-refractivity contribution in [1.82, 2.24) is 15.0 Å². The SMILES string of the molecule is Cc1nc(NCCc2c[nH]c3ccccc23)cc(NCc2ccco2)n1. The van der Waals surface area contributed by atoms with E-state index in [1.807, 2.05) is 31.2 Å². The van der Waals surface area contributed by atoms with Crippen LogP contribution in [0.1, 0.15) is 17.1 Å². The Morgan fingerprint density at radius 3 is 2.73 bits per heavy atom. The van der Waals surface area contributed by atoms with Crippen LogP contribution in [-0.4, -0.2) is 21.5 Å². The third-order valence-corrected chi connectivity index (χ3v) is 4.24. The van der Waals surface area contributed by atoms with Crippen molar-refractivity contribution in [1.29, 1.82) is 0 Å². The van der Waals surface area contributed by atoms with Crippen LogP contribution < -0.4 is 10.6 Å². The van der Waals surface area contributed by atoms with Gasteiger partial charge in [-0.25, -0.2) is 9.97 Å². The molecule has 0 unspecified atom stereocenters. The van der Waals surface area contributed by atoms with E-state index in [0.717, 1.165) is 36.2 Å². The molecule has 0 radical (unpaired) electrons. The van der Waals surface area contributed by atoms with Crippen molar-refractivity contribution in [2.45, 2.75) is 19.9 Å². The molecule has 6 nitrogen and oxygen atoms in total. The first-order chi connectivity index (χ1) is 12.8. The van der Waals surface area contributed by atoms with E-state index < -0.39 is 0 Å². The van der Waals surface area contributed by atoms with E-state index >= 15 is 0 Å². The Hall–Kier alpha value is -3.28. The predicted molar refractivity (Wildman–Crippen MR) is 103 cm³/mol. The van der Waals surface area contributed by atoms with Crippen LogP contribution in [0, 0.1) is 6.92 Å². The van der Waals surface area contributed by atoms with E-state index in [1.54, 1.807) is 6.26 Å². The minimum atomic E-state index is 0.595.